The molecular weight excluding hydrogens is 365 g/mol. The van der Waals surface area contributed by atoms with E-state index in [2.05, 4.69) is 0 Å². The molecule has 3 aromatic carbocycles. The fraction of sp³-hybridized carbons (Fsp3) is 0.174. The van der Waals surface area contributed by atoms with Gasteiger partial charge in [0.1, 0.15) is 5.82 Å². The van der Waals surface area contributed by atoms with Gasteiger partial charge in [-0.05, 0) is 35.2 Å². The summed E-state index contributed by atoms with van der Waals surface area (Å²) in [5.41, 5.74) is 1.86. The molecule has 1 atom stereocenters. The van der Waals surface area contributed by atoms with Crippen molar-refractivity contribution in [3.05, 3.63) is 95.8 Å². The van der Waals surface area contributed by atoms with E-state index in [1.807, 2.05) is 0 Å². The molecule has 0 radical (unpaired) electrons. The Labute approximate surface area is 161 Å². The molecule has 0 bridgehead atoms. The molecule has 1 unspecified atom stereocenters. The van der Waals surface area contributed by atoms with Crippen molar-refractivity contribution in [1.82, 2.24) is 0 Å². The minimum absolute atomic E-state index is 0.0411. The molecule has 3 aromatic rings. The molecule has 1 N–H and O–H groups in total. The Balaban J connectivity index is 1.76. The highest BCUT2D eigenvalue weighted by Crippen LogP contribution is 2.36. The first-order valence-electron chi connectivity index (χ1n) is 8.86. The van der Waals surface area contributed by atoms with E-state index in [9.17, 15) is 23.1 Å². The normalized spacial score (nSPS) is 12.5. The Morgan fingerprint density at radius 3 is 1.93 bits per heavy atom. The summed E-state index contributed by atoms with van der Waals surface area (Å²) in [6, 6.07) is 20.1. The van der Waals surface area contributed by atoms with E-state index in [4.69, 9.17) is 0 Å². The second kappa shape index (κ2) is 8.30. The van der Waals surface area contributed by atoms with Crippen LogP contribution in [0.5, 0.6) is 0 Å². The summed E-state index contributed by atoms with van der Waals surface area (Å²) >= 11 is 0. The summed E-state index contributed by atoms with van der Waals surface area (Å²) in [6.45, 7) is 0. The molecule has 0 heterocycles. The number of benzene rings is 3. The minimum Gasteiger partial charge on any atom is -0.481 e. The molecule has 0 aromatic heterocycles. The average molecular weight is 384 g/mol. The van der Waals surface area contributed by atoms with Gasteiger partial charge in [0.15, 0.2) is 0 Å². The lowest BCUT2D eigenvalue weighted by Crippen LogP contribution is -2.25. The van der Waals surface area contributed by atoms with Crippen LogP contribution < -0.4 is 0 Å². The second-order valence-corrected chi connectivity index (χ2v) is 6.72. The van der Waals surface area contributed by atoms with Gasteiger partial charge < -0.3 is 5.11 Å². The summed E-state index contributed by atoms with van der Waals surface area (Å²) in [7, 11) is 0. The number of carboxylic acid groups (broad SMARTS) is 1. The molecule has 2 nitrogen and oxygen atoms in total. The van der Waals surface area contributed by atoms with Crippen molar-refractivity contribution in [3.63, 3.8) is 0 Å². The lowest BCUT2D eigenvalue weighted by atomic mass is 9.90. The number of hydrogen-bond acceptors (Lipinski definition) is 1. The van der Waals surface area contributed by atoms with Crippen molar-refractivity contribution in [1.29, 1.82) is 0 Å². The largest absolute Gasteiger partial charge is 0.481 e. The Hall–Kier alpha value is -3.08. The third kappa shape index (κ3) is 4.80. The lowest BCUT2D eigenvalue weighted by Gasteiger charge is -2.21. The van der Waals surface area contributed by atoms with Gasteiger partial charge in [0, 0.05) is 12.0 Å². The Morgan fingerprint density at radius 2 is 1.39 bits per heavy atom. The van der Waals surface area contributed by atoms with Gasteiger partial charge in [-0.1, -0.05) is 66.7 Å². The highest BCUT2D eigenvalue weighted by Gasteiger charge is 2.37. The van der Waals surface area contributed by atoms with E-state index in [0.29, 0.717) is 16.7 Å². The summed E-state index contributed by atoms with van der Waals surface area (Å²) in [5, 5.41) is 9.40. The third-order valence-electron chi connectivity index (χ3n) is 4.66. The molecule has 0 aliphatic heterocycles. The van der Waals surface area contributed by atoms with Crippen molar-refractivity contribution >= 4 is 5.97 Å². The minimum atomic E-state index is -3.28. The van der Waals surface area contributed by atoms with Crippen molar-refractivity contribution in [2.45, 2.75) is 18.8 Å². The maximum atomic E-state index is 14.7. The molecule has 144 valence electrons. The monoisotopic (exact) mass is 384 g/mol. The molecule has 0 fully saturated rings. The number of alkyl halides is 2. The zero-order valence-corrected chi connectivity index (χ0v) is 15.0. The average Bonchev–Trinajstić information content (AvgIpc) is 2.69. The highest BCUT2D eigenvalue weighted by molar-refractivity contribution is 5.70. The number of aliphatic carboxylic acids is 1. The van der Waals surface area contributed by atoms with E-state index >= 15 is 0 Å². The van der Waals surface area contributed by atoms with Gasteiger partial charge in [0.2, 0.25) is 0 Å². The van der Waals surface area contributed by atoms with Crippen LogP contribution in [0.25, 0.3) is 11.1 Å². The van der Waals surface area contributed by atoms with Crippen LogP contribution >= 0.6 is 0 Å². The van der Waals surface area contributed by atoms with Crippen LogP contribution in [-0.4, -0.2) is 11.1 Å². The van der Waals surface area contributed by atoms with Crippen molar-refractivity contribution in [2.75, 3.05) is 0 Å². The quantitative estimate of drug-likeness (QED) is 0.549. The zero-order valence-electron chi connectivity index (χ0n) is 15.0. The molecule has 0 aliphatic rings. The van der Waals surface area contributed by atoms with E-state index in [-0.39, 0.29) is 17.8 Å². The maximum Gasteiger partial charge on any atom is 0.307 e. The van der Waals surface area contributed by atoms with Gasteiger partial charge in [0.05, 0.1) is 5.92 Å². The van der Waals surface area contributed by atoms with Gasteiger partial charge in [-0.2, -0.15) is 0 Å². The zero-order chi connectivity index (χ0) is 20.1. The van der Waals surface area contributed by atoms with Crippen molar-refractivity contribution in [2.24, 2.45) is 5.92 Å². The summed E-state index contributed by atoms with van der Waals surface area (Å²) in [4.78, 5) is 11.5. The van der Waals surface area contributed by atoms with Crippen molar-refractivity contribution < 1.29 is 23.1 Å². The Morgan fingerprint density at radius 1 is 0.857 bits per heavy atom. The highest BCUT2D eigenvalue weighted by atomic mass is 19.3. The second-order valence-electron chi connectivity index (χ2n) is 6.72. The third-order valence-corrected chi connectivity index (χ3v) is 4.66. The Bertz CT molecular complexity index is 920. The van der Waals surface area contributed by atoms with E-state index in [0.717, 1.165) is 0 Å². The lowest BCUT2D eigenvalue weighted by molar-refractivity contribution is -0.145. The van der Waals surface area contributed by atoms with Crippen molar-refractivity contribution in [3.8, 4) is 11.1 Å². The van der Waals surface area contributed by atoms with Gasteiger partial charge in [-0.15, -0.1) is 0 Å². The van der Waals surface area contributed by atoms with Gasteiger partial charge in [-0.25, -0.2) is 13.2 Å². The van der Waals surface area contributed by atoms with Gasteiger partial charge in [0.25, 0.3) is 5.92 Å². The van der Waals surface area contributed by atoms with Crippen LogP contribution in [0.15, 0.2) is 78.9 Å². The van der Waals surface area contributed by atoms with Crippen LogP contribution in [0.4, 0.5) is 13.2 Å². The predicted molar refractivity (Wildman–Crippen MR) is 102 cm³/mol. The first-order chi connectivity index (χ1) is 13.3. The standard InChI is InChI=1S/C23H19F3O2/c24-21-12-8-18(9-13-21)17-6-10-20(11-7-17)23(25,26)15-19(22(27)28)14-16-4-2-1-3-5-16/h1-13,19H,14-15H2,(H,27,28). The topological polar surface area (TPSA) is 37.3 Å². The number of halogens is 3. The number of hydrogen-bond donors (Lipinski definition) is 1. The number of rotatable bonds is 7. The molecule has 28 heavy (non-hydrogen) atoms. The molecule has 0 amide bonds. The maximum absolute atomic E-state index is 14.7. The van der Waals surface area contributed by atoms with Crippen LogP contribution in [0, 0.1) is 11.7 Å². The summed E-state index contributed by atoms with van der Waals surface area (Å²) in [6.07, 6.45) is -0.744. The van der Waals surface area contributed by atoms with Crippen LogP contribution in [0.1, 0.15) is 17.5 Å². The SMILES string of the molecule is O=C(O)C(Cc1ccccc1)CC(F)(F)c1ccc(-c2ccc(F)cc2)cc1. The predicted octanol–water partition coefficient (Wildman–Crippen LogP) is 5.92. The number of carboxylic acids is 1. The Kier molecular flexibility index (Phi) is 5.83. The van der Waals surface area contributed by atoms with Crippen LogP contribution in [0.3, 0.4) is 0 Å². The fourth-order valence-electron chi connectivity index (χ4n) is 3.12. The first kappa shape index (κ1) is 19.7. The molecular formula is C23H19F3O2. The van der Waals surface area contributed by atoms with E-state index in [1.54, 1.807) is 42.5 Å². The molecule has 0 aliphatic carbocycles. The molecule has 3 rings (SSSR count). The van der Waals surface area contributed by atoms with E-state index < -0.39 is 24.2 Å². The van der Waals surface area contributed by atoms with E-state index in [1.165, 1.54) is 36.4 Å². The molecule has 5 heteroatoms. The van der Waals surface area contributed by atoms with Crippen LogP contribution in [-0.2, 0) is 17.1 Å². The summed E-state index contributed by atoms with van der Waals surface area (Å²) < 4.78 is 42.5. The first-order valence-corrected chi connectivity index (χ1v) is 8.86. The smallest absolute Gasteiger partial charge is 0.307 e. The molecule has 0 saturated carbocycles. The molecule has 0 spiro atoms. The number of carbonyl (C=O) groups is 1. The van der Waals surface area contributed by atoms with Crippen LogP contribution in [0.2, 0.25) is 0 Å². The molecule has 0 saturated heterocycles. The fourth-order valence-corrected chi connectivity index (χ4v) is 3.12. The van der Waals surface area contributed by atoms with Gasteiger partial charge >= 0.3 is 5.97 Å². The van der Waals surface area contributed by atoms with Gasteiger partial charge in [-0.3, -0.25) is 4.79 Å². The summed E-state index contributed by atoms with van der Waals surface area (Å²) in [5.74, 6) is -6.09.